The number of anilines is 2. The second-order valence-corrected chi connectivity index (χ2v) is 8.96. The van der Waals surface area contributed by atoms with E-state index in [1.165, 1.54) is 25.2 Å². The standard InChI is InChI=1S/C25H25N7O2/c1-2-23(33)32-10-9-17(13-32)34-22-8-7-20-24(29-22)25(27-14-26-20)28-16-5-6-19-18(12-16)21(31-30-19)11-15-3-4-15/h2,5-8,12,14-15,17H,1,3-4,9-11,13H2,(H,30,31)(H,26,27,28)/t17-/m0/s1. The molecule has 2 aliphatic rings. The number of rotatable bonds is 7. The zero-order valence-corrected chi connectivity index (χ0v) is 18.7. The Hall–Kier alpha value is -4.01. The molecular weight excluding hydrogens is 430 g/mol. The van der Waals surface area contributed by atoms with Crippen LogP contribution in [-0.4, -0.2) is 55.1 Å². The molecule has 9 nitrogen and oxygen atoms in total. The molecule has 0 unspecified atom stereocenters. The number of ether oxygens (including phenoxy) is 1. The Morgan fingerprint density at radius 1 is 1.24 bits per heavy atom. The molecule has 0 spiro atoms. The van der Waals surface area contributed by atoms with Crippen LogP contribution >= 0.6 is 0 Å². The molecule has 4 heterocycles. The topological polar surface area (TPSA) is 109 Å². The lowest BCUT2D eigenvalue weighted by Gasteiger charge is -2.15. The first-order chi connectivity index (χ1) is 16.7. The van der Waals surface area contributed by atoms with Crippen LogP contribution in [0.1, 0.15) is 25.0 Å². The Labute approximate surface area is 196 Å². The molecular formula is C25H25N7O2. The first kappa shape index (κ1) is 20.6. The van der Waals surface area contributed by atoms with Crippen molar-refractivity contribution in [1.82, 2.24) is 30.0 Å². The summed E-state index contributed by atoms with van der Waals surface area (Å²) >= 11 is 0. The van der Waals surface area contributed by atoms with Crippen molar-refractivity contribution in [2.45, 2.75) is 31.8 Å². The fourth-order valence-electron chi connectivity index (χ4n) is 4.44. The van der Waals surface area contributed by atoms with E-state index in [1.54, 1.807) is 11.0 Å². The molecule has 3 aromatic heterocycles. The number of carbonyl (C=O) groups is 1. The summed E-state index contributed by atoms with van der Waals surface area (Å²) in [6, 6.07) is 9.81. The third kappa shape index (κ3) is 4.05. The van der Waals surface area contributed by atoms with Gasteiger partial charge < -0.3 is 15.0 Å². The molecule has 0 radical (unpaired) electrons. The van der Waals surface area contributed by atoms with E-state index < -0.39 is 0 Å². The Morgan fingerprint density at radius 3 is 3.00 bits per heavy atom. The lowest BCUT2D eigenvalue weighted by Crippen LogP contribution is -2.29. The van der Waals surface area contributed by atoms with Crippen LogP contribution in [0.4, 0.5) is 11.5 Å². The van der Waals surface area contributed by atoms with Gasteiger partial charge in [0.05, 0.1) is 23.3 Å². The van der Waals surface area contributed by atoms with Gasteiger partial charge in [0.15, 0.2) is 5.82 Å². The highest BCUT2D eigenvalue weighted by molar-refractivity contribution is 5.90. The van der Waals surface area contributed by atoms with Gasteiger partial charge in [0, 0.05) is 30.1 Å². The van der Waals surface area contributed by atoms with Gasteiger partial charge in [-0.1, -0.05) is 6.58 Å². The highest BCUT2D eigenvalue weighted by atomic mass is 16.5. The number of fused-ring (bicyclic) bond motifs is 2. The summed E-state index contributed by atoms with van der Waals surface area (Å²) in [5, 5.41) is 12.2. The molecule has 2 N–H and O–H groups in total. The summed E-state index contributed by atoms with van der Waals surface area (Å²) in [6.45, 7) is 4.73. The average Bonchev–Trinajstić information content (AvgIpc) is 3.41. The van der Waals surface area contributed by atoms with E-state index in [2.05, 4.69) is 38.1 Å². The summed E-state index contributed by atoms with van der Waals surface area (Å²) in [5.41, 5.74) is 4.40. The number of benzene rings is 1. The van der Waals surface area contributed by atoms with Gasteiger partial charge in [-0.05, 0) is 55.5 Å². The van der Waals surface area contributed by atoms with E-state index in [9.17, 15) is 4.79 Å². The van der Waals surface area contributed by atoms with Gasteiger partial charge >= 0.3 is 0 Å². The second-order valence-electron chi connectivity index (χ2n) is 8.96. The molecule has 2 fully saturated rings. The van der Waals surface area contributed by atoms with Crippen molar-refractivity contribution < 1.29 is 9.53 Å². The monoisotopic (exact) mass is 455 g/mol. The number of aromatic nitrogens is 5. The van der Waals surface area contributed by atoms with Crippen LogP contribution in [0.3, 0.4) is 0 Å². The number of nitrogens with zero attached hydrogens (tertiary/aromatic N) is 5. The summed E-state index contributed by atoms with van der Waals surface area (Å²) < 4.78 is 6.08. The van der Waals surface area contributed by atoms with Gasteiger partial charge in [0.1, 0.15) is 17.9 Å². The zero-order valence-electron chi connectivity index (χ0n) is 18.7. The first-order valence-corrected chi connectivity index (χ1v) is 11.6. The van der Waals surface area contributed by atoms with Crippen LogP contribution in [-0.2, 0) is 11.2 Å². The molecule has 1 atom stereocenters. The Balaban J connectivity index is 1.25. The maximum atomic E-state index is 11.9. The lowest BCUT2D eigenvalue weighted by molar-refractivity contribution is -0.125. The van der Waals surface area contributed by atoms with Crippen molar-refractivity contribution in [3.63, 3.8) is 0 Å². The van der Waals surface area contributed by atoms with Crippen molar-refractivity contribution >= 4 is 39.3 Å². The fourth-order valence-corrected chi connectivity index (χ4v) is 4.44. The third-order valence-corrected chi connectivity index (χ3v) is 6.46. The molecule has 1 aliphatic carbocycles. The van der Waals surface area contributed by atoms with Gasteiger partial charge in [0.2, 0.25) is 11.8 Å². The Kier molecular flexibility index (Phi) is 5.09. The summed E-state index contributed by atoms with van der Waals surface area (Å²) in [5.74, 6) is 1.78. The zero-order chi connectivity index (χ0) is 23.1. The molecule has 1 aliphatic heterocycles. The predicted molar refractivity (Wildman–Crippen MR) is 129 cm³/mol. The SMILES string of the molecule is C=CC(=O)N1CC[C@H](Oc2ccc3ncnc(Nc4ccc5[nH]nc(CC6CC6)c5c4)c3n2)C1. The number of amides is 1. The van der Waals surface area contributed by atoms with Crippen molar-refractivity contribution in [2.24, 2.45) is 5.92 Å². The van der Waals surface area contributed by atoms with Gasteiger partial charge in [-0.25, -0.2) is 15.0 Å². The summed E-state index contributed by atoms with van der Waals surface area (Å²) in [6.07, 6.45) is 7.10. The number of aromatic amines is 1. The highest BCUT2D eigenvalue weighted by Crippen LogP contribution is 2.34. The minimum atomic E-state index is -0.108. The predicted octanol–water partition coefficient (Wildman–Crippen LogP) is 3.76. The maximum absolute atomic E-state index is 11.9. The molecule has 0 bridgehead atoms. The number of pyridine rings is 1. The maximum Gasteiger partial charge on any atom is 0.246 e. The number of hydrogen-bond acceptors (Lipinski definition) is 7. The Morgan fingerprint density at radius 2 is 2.15 bits per heavy atom. The van der Waals surface area contributed by atoms with Gasteiger partial charge in [-0.15, -0.1) is 0 Å². The molecule has 4 aromatic rings. The number of carbonyl (C=O) groups excluding carboxylic acids is 1. The van der Waals surface area contributed by atoms with Crippen LogP contribution in [0, 0.1) is 5.92 Å². The third-order valence-electron chi connectivity index (χ3n) is 6.46. The van der Waals surface area contributed by atoms with E-state index in [0.29, 0.717) is 30.3 Å². The largest absolute Gasteiger partial charge is 0.472 e. The Bertz CT molecular complexity index is 1390. The molecule has 172 valence electrons. The van der Waals surface area contributed by atoms with Crippen LogP contribution < -0.4 is 10.1 Å². The summed E-state index contributed by atoms with van der Waals surface area (Å²) in [4.78, 5) is 27.1. The van der Waals surface area contributed by atoms with Crippen LogP contribution in [0.15, 0.2) is 49.3 Å². The van der Waals surface area contributed by atoms with Crippen molar-refractivity contribution in [2.75, 3.05) is 18.4 Å². The van der Waals surface area contributed by atoms with E-state index in [0.717, 1.165) is 46.6 Å². The number of H-pyrrole nitrogens is 1. The minimum Gasteiger partial charge on any atom is -0.472 e. The van der Waals surface area contributed by atoms with Crippen molar-refractivity contribution in [3.05, 3.63) is 55.0 Å². The van der Waals surface area contributed by atoms with Gasteiger partial charge in [0.25, 0.3) is 0 Å². The van der Waals surface area contributed by atoms with Crippen molar-refractivity contribution in [3.8, 4) is 5.88 Å². The number of nitrogens with one attached hydrogen (secondary N) is 2. The van der Waals surface area contributed by atoms with Gasteiger partial charge in [-0.2, -0.15) is 5.10 Å². The lowest BCUT2D eigenvalue weighted by atomic mass is 10.1. The number of likely N-dealkylation sites (tertiary alicyclic amines) is 1. The smallest absolute Gasteiger partial charge is 0.246 e. The molecule has 6 rings (SSSR count). The van der Waals surface area contributed by atoms with Crippen LogP contribution in [0.5, 0.6) is 5.88 Å². The molecule has 34 heavy (non-hydrogen) atoms. The highest BCUT2D eigenvalue weighted by Gasteiger charge is 2.27. The van der Waals surface area contributed by atoms with Crippen LogP contribution in [0.2, 0.25) is 0 Å². The molecule has 1 saturated carbocycles. The quantitative estimate of drug-likeness (QED) is 0.408. The molecule has 1 aromatic carbocycles. The van der Waals surface area contributed by atoms with E-state index in [4.69, 9.17) is 9.72 Å². The first-order valence-electron chi connectivity index (χ1n) is 11.6. The number of hydrogen-bond donors (Lipinski definition) is 2. The van der Waals surface area contributed by atoms with E-state index >= 15 is 0 Å². The minimum absolute atomic E-state index is 0.0765. The average molecular weight is 456 g/mol. The normalized spacial score (nSPS) is 17.9. The fraction of sp³-hybridized carbons (Fsp3) is 0.320. The second kappa shape index (κ2) is 8.40. The summed E-state index contributed by atoms with van der Waals surface area (Å²) in [7, 11) is 0. The van der Waals surface area contributed by atoms with Crippen molar-refractivity contribution in [1.29, 1.82) is 0 Å². The van der Waals surface area contributed by atoms with Gasteiger partial charge in [-0.3, -0.25) is 9.89 Å². The molecule has 1 saturated heterocycles. The van der Waals surface area contributed by atoms with E-state index in [1.807, 2.05) is 18.2 Å². The molecule has 1 amide bonds. The molecule has 9 heteroatoms. The van der Waals surface area contributed by atoms with Crippen LogP contribution in [0.25, 0.3) is 21.9 Å². The van der Waals surface area contributed by atoms with E-state index in [-0.39, 0.29) is 12.0 Å².